The quantitative estimate of drug-likeness (QED) is 0.126. The number of hydrogen-bond donors (Lipinski definition) is 6. The highest BCUT2D eigenvalue weighted by Gasteiger charge is 2.86. The van der Waals surface area contributed by atoms with Crippen LogP contribution in [0.25, 0.3) is 0 Å². The molecule has 11 aliphatic rings. The Balaban J connectivity index is 0.000000199. The Morgan fingerprint density at radius 1 is 0.637 bits per heavy atom. The first-order valence-electron chi connectivity index (χ1n) is 29.5. The number of rotatable bonds is 15. The Labute approximate surface area is 473 Å². The molecule has 80 heavy (non-hydrogen) atoms. The molecule has 5 saturated heterocycles. The van der Waals surface area contributed by atoms with Crippen molar-refractivity contribution < 1.29 is 55.1 Å². The molecule has 11 fully saturated rings. The predicted molar refractivity (Wildman–Crippen MR) is 297 cm³/mol. The highest BCUT2D eigenvalue weighted by Crippen LogP contribution is 2.89. The van der Waals surface area contributed by atoms with Gasteiger partial charge in [-0.15, -0.1) is 13.2 Å². The molecule has 0 aromatic rings. The van der Waals surface area contributed by atoms with E-state index in [9.17, 15) is 45.6 Å². The van der Waals surface area contributed by atoms with Crippen LogP contribution in [0.3, 0.4) is 0 Å². The minimum absolute atomic E-state index is 0.00628. The molecule has 5 heterocycles. The maximum absolute atomic E-state index is 14.9. The number of ether oxygens (including phenoxy) is 2. The first-order valence-corrected chi connectivity index (χ1v) is 32.4. The van der Waals surface area contributed by atoms with E-state index in [4.69, 9.17) is 9.47 Å². The number of nitrogens with one attached hydrogen (secondary N) is 6. The monoisotopic (exact) mass is 1160 g/mol. The summed E-state index contributed by atoms with van der Waals surface area (Å²) < 4.78 is 69.4. The van der Waals surface area contributed by atoms with E-state index in [-0.39, 0.29) is 57.3 Å². The van der Waals surface area contributed by atoms with Crippen molar-refractivity contribution in [2.45, 2.75) is 193 Å². The minimum atomic E-state index is -4.08. The van der Waals surface area contributed by atoms with Gasteiger partial charge < -0.3 is 35.6 Å². The van der Waals surface area contributed by atoms with E-state index in [0.29, 0.717) is 89.9 Å². The topological polar surface area (TPSA) is 271 Å². The third kappa shape index (κ3) is 9.07. The molecule has 0 bridgehead atoms. The van der Waals surface area contributed by atoms with Gasteiger partial charge in [0, 0.05) is 75.1 Å². The number of hydrogen-bond acceptors (Lipinski definition) is 13. The van der Waals surface area contributed by atoms with Crippen molar-refractivity contribution in [1.29, 1.82) is 0 Å². The summed E-state index contributed by atoms with van der Waals surface area (Å²) in [5, 5.41) is 12.1. The van der Waals surface area contributed by atoms with Crippen LogP contribution in [-0.4, -0.2) is 153 Å². The minimum Gasteiger partial charge on any atom is -0.444 e. The van der Waals surface area contributed by atoms with Crippen LogP contribution in [0.2, 0.25) is 0 Å². The normalized spacial score (nSPS) is 35.8. The first-order chi connectivity index (χ1) is 37.3. The Bertz CT molecular complexity index is 2810. The summed E-state index contributed by atoms with van der Waals surface area (Å²) in [4.78, 5) is 84.2. The number of fused-ring (bicyclic) bond motifs is 2. The summed E-state index contributed by atoms with van der Waals surface area (Å²) >= 11 is 0. The Morgan fingerprint density at radius 3 is 1.51 bits per heavy atom. The zero-order valence-corrected chi connectivity index (χ0v) is 50.1. The van der Waals surface area contributed by atoms with Crippen molar-refractivity contribution in [3.8, 4) is 0 Å². The lowest BCUT2D eigenvalue weighted by Crippen LogP contribution is -2.62. The second-order valence-corrected chi connectivity index (χ2v) is 31.4. The molecule has 21 nitrogen and oxygen atoms in total. The van der Waals surface area contributed by atoms with Crippen molar-refractivity contribution in [1.82, 2.24) is 44.2 Å². The molecule has 6 N–H and O–H groups in total. The molecule has 6 saturated carbocycles. The number of nitrogens with zero attached hydrogens (tertiary/aromatic N) is 3. The molecular formula is C57H89N9O12S2. The van der Waals surface area contributed by atoms with Crippen LogP contribution >= 0.6 is 0 Å². The van der Waals surface area contributed by atoms with Crippen molar-refractivity contribution in [3.63, 3.8) is 0 Å². The molecule has 4 spiro atoms. The summed E-state index contributed by atoms with van der Waals surface area (Å²) in [6, 6.07) is -2.27. The van der Waals surface area contributed by atoms with Gasteiger partial charge in [-0.1, -0.05) is 59.6 Å². The van der Waals surface area contributed by atoms with E-state index in [2.05, 4.69) is 71.6 Å². The number of carbonyl (C=O) groups excluding carboxylic acids is 6. The summed E-state index contributed by atoms with van der Waals surface area (Å²) in [6.07, 6.45) is 15.2. The fourth-order valence-electron chi connectivity index (χ4n) is 17.1. The predicted octanol–water partition coefficient (Wildman–Crippen LogP) is 4.07. The fourth-order valence-corrected chi connectivity index (χ4v) is 19.7. The Kier molecular flexibility index (Phi) is 14.5. The summed E-state index contributed by atoms with van der Waals surface area (Å²) in [6.45, 7) is 27.4. The molecular weight excluding hydrogens is 1070 g/mol. The second kappa shape index (κ2) is 19.7. The third-order valence-electron chi connectivity index (χ3n) is 23.0. The number of alkyl carbamates (subject to hydrolysis) is 1. The van der Waals surface area contributed by atoms with Gasteiger partial charge in [0.05, 0.1) is 6.04 Å². The summed E-state index contributed by atoms with van der Waals surface area (Å²) in [5.41, 5.74) is -3.86. The Morgan fingerprint density at radius 2 is 1.10 bits per heavy atom. The van der Waals surface area contributed by atoms with Crippen LogP contribution in [-0.2, 0) is 53.9 Å². The molecule has 6 aliphatic carbocycles. The third-order valence-corrected chi connectivity index (χ3v) is 25.9. The lowest BCUT2D eigenvalue weighted by atomic mass is 9.73. The highest BCUT2D eigenvalue weighted by molar-refractivity contribution is 7.88. The summed E-state index contributed by atoms with van der Waals surface area (Å²) in [5.74, 6) is -3.28. The van der Waals surface area contributed by atoms with Gasteiger partial charge in [0.15, 0.2) is 0 Å². The first kappa shape index (κ1) is 59.0. The molecule has 0 radical (unpaired) electrons. The number of likely N-dealkylation sites (tertiary alicyclic amines) is 1. The smallest absolute Gasteiger partial charge is 0.408 e. The van der Waals surface area contributed by atoms with Crippen LogP contribution in [0.5, 0.6) is 0 Å². The second-order valence-electron chi connectivity index (χ2n) is 28.1. The van der Waals surface area contributed by atoms with E-state index in [1.807, 2.05) is 6.92 Å². The number of amides is 6. The number of carbonyl (C=O) groups is 6. The van der Waals surface area contributed by atoms with Gasteiger partial charge in [0.2, 0.25) is 17.7 Å². The molecule has 5 aliphatic heterocycles. The molecule has 23 heteroatoms. The van der Waals surface area contributed by atoms with E-state index >= 15 is 0 Å². The van der Waals surface area contributed by atoms with Gasteiger partial charge >= 0.3 is 26.5 Å². The van der Waals surface area contributed by atoms with Crippen molar-refractivity contribution in [2.24, 2.45) is 49.7 Å². The standard InChI is InChI=1S/C35H55N5O8S.C22H34N4O4S/c1-8-23-20-35(23,28(43)38-49(45,46)39-16-9-10-17-39)37-26(41)24-21-34(31(5,6)33(34)12-11-13-33)22-40(24)27(42)25(32(7)14-18-47-19-15-32)36-29(44)48-30(2,3)4;1-4-15-12-22(15,18(28)25-31(29,30)26-10-5-6-11-26)24-17(27)16-13-21(14-23-16)19(2,3)20(21)8-7-9-20/h8,23-25H,1,9-22H2,2-7H3,(H,36,44)(H,37,41)(H,38,43);4,15-16,23H,1,5-14H2,2-3H3,(H,24,27)(H,25,28)/t23-,24+,25-,34-,35-;15-,16+,21-,22-/m11/s1. The molecule has 9 atom stereocenters. The van der Waals surface area contributed by atoms with Gasteiger partial charge in [-0.25, -0.2) is 14.2 Å². The SMILES string of the molecule is C=C[C@@H]1C[C@]1(NC(=O)[C@@H]1C[C@@]2(CN1)C(C)(C)C21CCC1)C(=O)NS(=O)(=O)N1CCCC1.C=C[C@@H]1C[C@]1(NC(=O)[C@@H]1C[C@@]2(CN1C(=O)[C@@H](NC(=O)OC(C)(C)C)C1(C)CCOCC1)C(C)(C)C21CCC1)C(=O)NS(=O)(=O)N1CCCC1. The lowest BCUT2D eigenvalue weighted by Gasteiger charge is -2.42. The molecule has 0 aromatic carbocycles. The molecule has 446 valence electrons. The molecule has 0 unspecified atom stereocenters. The zero-order valence-electron chi connectivity index (χ0n) is 48.5. The molecule has 0 aromatic heterocycles. The maximum Gasteiger partial charge on any atom is 0.408 e. The highest BCUT2D eigenvalue weighted by atomic mass is 32.2. The van der Waals surface area contributed by atoms with Gasteiger partial charge in [-0.2, -0.15) is 25.4 Å². The van der Waals surface area contributed by atoms with Gasteiger partial charge in [-0.05, 0) is 138 Å². The molecule has 6 amide bonds. The van der Waals surface area contributed by atoms with Gasteiger partial charge in [-0.3, -0.25) is 24.0 Å². The van der Waals surface area contributed by atoms with Crippen LogP contribution in [0.1, 0.15) is 158 Å². The van der Waals surface area contributed by atoms with Crippen molar-refractivity contribution in [3.05, 3.63) is 25.3 Å². The van der Waals surface area contributed by atoms with Gasteiger partial charge in [0.25, 0.3) is 11.8 Å². The van der Waals surface area contributed by atoms with Crippen LogP contribution < -0.4 is 30.7 Å². The maximum atomic E-state index is 14.9. The summed E-state index contributed by atoms with van der Waals surface area (Å²) in [7, 11) is -7.97. The average Bonchev–Trinajstić information content (AvgIpc) is 1.74. The lowest BCUT2D eigenvalue weighted by molar-refractivity contribution is -0.145. The van der Waals surface area contributed by atoms with Crippen LogP contribution in [0, 0.1) is 49.7 Å². The fraction of sp³-hybridized carbons (Fsp3) is 0.825. The zero-order chi connectivity index (χ0) is 58.1. The van der Waals surface area contributed by atoms with E-state index < -0.39 is 84.3 Å². The van der Waals surface area contributed by atoms with E-state index in [1.54, 1.807) is 37.8 Å². The van der Waals surface area contributed by atoms with Crippen molar-refractivity contribution in [2.75, 3.05) is 52.5 Å². The van der Waals surface area contributed by atoms with Gasteiger partial charge in [0.1, 0.15) is 28.8 Å². The Hall–Kier alpha value is -4.16. The average molecular weight is 1160 g/mol. The van der Waals surface area contributed by atoms with E-state index in [1.165, 1.54) is 27.9 Å². The van der Waals surface area contributed by atoms with E-state index in [0.717, 1.165) is 45.1 Å². The van der Waals surface area contributed by atoms with Crippen LogP contribution in [0.4, 0.5) is 4.79 Å². The molecule has 11 rings (SSSR count). The van der Waals surface area contributed by atoms with Crippen LogP contribution in [0.15, 0.2) is 25.3 Å². The van der Waals surface area contributed by atoms with Crippen molar-refractivity contribution >= 4 is 56.0 Å². The largest absolute Gasteiger partial charge is 0.444 e.